The second-order valence-corrected chi connectivity index (χ2v) is 4.13. The van der Waals surface area contributed by atoms with Crippen LogP contribution in [-0.2, 0) is 4.74 Å². The van der Waals surface area contributed by atoms with Crippen LogP contribution in [0.5, 0.6) is 5.75 Å². The summed E-state index contributed by atoms with van der Waals surface area (Å²) in [5.74, 6) is -0.415. The summed E-state index contributed by atoms with van der Waals surface area (Å²) in [5, 5.41) is 12.2. The Morgan fingerprint density at radius 3 is 3.06 bits per heavy atom. The molecule has 0 aromatic heterocycles. The fraction of sp³-hybridized carbons (Fsp3) is 0.500. The molecule has 1 unspecified atom stereocenters. The molecule has 0 radical (unpaired) electrons. The van der Waals surface area contributed by atoms with Crippen LogP contribution in [0, 0.1) is 11.7 Å². The van der Waals surface area contributed by atoms with E-state index in [1.807, 2.05) is 0 Å². The Kier molecular flexibility index (Phi) is 3.62. The third kappa shape index (κ3) is 2.85. The minimum atomic E-state index is -0.593. The van der Waals surface area contributed by atoms with Gasteiger partial charge in [-0.05, 0) is 30.9 Å². The Morgan fingerprint density at radius 2 is 2.38 bits per heavy atom. The van der Waals surface area contributed by atoms with Gasteiger partial charge in [0.25, 0.3) is 0 Å². The Hall–Kier alpha value is -1.29. The number of anilines is 1. The predicted octanol–water partition coefficient (Wildman–Crippen LogP) is 2.37. The SMILES string of the molecule is Oc1ccc(NCC2CCCOC2)cc1F. The minimum Gasteiger partial charge on any atom is -0.505 e. The molecule has 4 heteroatoms. The van der Waals surface area contributed by atoms with Gasteiger partial charge in [0.15, 0.2) is 11.6 Å². The van der Waals surface area contributed by atoms with Crippen molar-refractivity contribution in [2.75, 3.05) is 25.1 Å². The van der Waals surface area contributed by atoms with Crippen LogP contribution in [0.25, 0.3) is 0 Å². The summed E-state index contributed by atoms with van der Waals surface area (Å²) in [6, 6.07) is 4.33. The first-order valence-electron chi connectivity index (χ1n) is 5.56. The van der Waals surface area contributed by atoms with Crippen LogP contribution in [0.4, 0.5) is 10.1 Å². The Labute approximate surface area is 94.2 Å². The average molecular weight is 225 g/mol. The first-order valence-corrected chi connectivity index (χ1v) is 5.56. The van der Waals surface area contributed by atoms with E-state index < -0.39 is 5.82 Å². The molecule has 1 fully saturated rings. The van der Waals surface area contributed by atoms with Crippen molar-refractivity contribution < 1.29 is 14.2 Å². The van der Waals surface area contributed by atoms with Crippen molar-refractivity contribution in [2.45, 2.75) is 12.8 Å². The molecule has 1 aliphatic heterocycles. The van der Waals surface area contributed by atoms with Crippen LogP contribution in [-0.4, -0.2) is 24.9 Å². The normalized spacial score (nSPS) is 20.7. The van der Waals surface area contributed by atoms with Crippen molar-refractivity contribution in [1.29, 1.82) is 0 Å². The number of rotatable bonds is 3. The van der Waals surface area contributed by atoms with Crippen LogP contribution < -0.4 is 5.32 Å². The summed E-state index contributed by atoms with van der Waals surface area (Å²) in [5.41, 5.74) is 0.695. The van der Waals surface area contributed by atoms with Gasteiger partial charge in [-0.2, -0.15) is 0 Å². The number of phenolic OH excluding ortho intramolecular Hbond substituents is 1. The lowest BCUT2D eigenvalue weighted by Gasteiger charge is -2.22. The fourth-order valence-electron chi connectivity index (χ4n) is 1.85. The number of ether oxygens (including phenoxy) is 1. The molecule has 1 aliphatic rings. The Bertz CT molecular complexity index is 351. The molecule has 1 aromatic rings. The van der Waals surface area contributed by atoms with Gasteiger partial charge >= 0.3 is 0 Å². The lowest BCUT2D eigenvalue weighted by atomic mass is 10.0. The zero-order chi connectivity index (χ0) is 11.4. The van der Waals surface area contributed by atoms with Gasteiger partial charge < -0.3 is 15.2 Å². The number of halogens is 1. The highest BCUT2D eigenvalue weighted by atomic mass is 19.1. The van der Waals surface area contributed by atoms with Crippen LogP contribution in [0.2, 0.25) is 0 Å². The van der Waals surface area contributed by atoms with Crippen LogP contribution >= 0.6 is 0 Å². The van der Waals surface area contributed by atoms with Gasteiger partial charge in [-0.3, -0.25) is 0 Å². The summed E-state index contributed by atoms with van der Waals surface area (Å²) >= 11 is 0. The van der Waals surface area contributed by atoms with Gasteiger partial charge in [0, 0.05) is 24.9 Å². The molecule has 16 heavy (non-hydrogen) atoms. The number of hydrogen-bond donors (Lipinski definition) is 2. The Balaban J connectivity index is 1.86. The maximum absolute atomic E-state index is 13.0. The summed E-state index contributed by atoms with van der Waals surface area (Å²) in [4.78, 5) is 0. The van der Waals surface area contributed by atoms with Gasteiger partial charge in [-0.25, -0.2) is 4.39 Å². The maximum Gasteiger partial charge on any atom is 0.166 e. The molecule has 0 bridgehead atoms. The molecule has 1 aromatic carbocycles. The van der Waals surface area contributed by atoms with E-state index in [1.165, 1.54) is 12.1 Å². The number of nitrogens with one attached hydrogen (secondary N) is 1. The molecule has 88 valence electrons. The molecule has 1 saturated heterocycles. The van der Waals surface area contributed by atoms with Crippen molar-refractivity contribution in [3.63, 3.8) is 0 Å². The largest absolute Gasteiger partial charge is 0.505 e. The summed E-state index contributed by atoms with van der Waals surface area (Å²) in [6.45, 7) is 2.40. The monoisotopic (exact) mass is 225 g/mol. The van der Waals surface area contributed by atoms with Gasteiger partial charge in [0.1, 0.15) is 0 Å². The molecule has 2 rings (SSSR count). The van der Waals surface area contributed by atoms with Crippen molar-refractivity contribution in [1.82, 2.24) is 0 Å². The molecule has 0 spiro atoms. The second kappa shape index (κ2) is 5.16. The van der Waals surface area contributed by atoms with E-state index in [2.05, 4.69) is 5.32 Å². The zero-order valence-electron chi connectivity index (χ0n) is 9.08. The molecule has 2 N–H and O–H groups in total. The van der Waals surface area contributed by atoms with E-state index in [4.69, 9.17) is 9.84 Å². The van der Waals surface area contributed by atoms with E-state index in [1.54, 1.807) is 6.07 Å². The van der Waals surface area contributed by atoms with Gasteiger partial charge in [0.05, 0.1) is 6.61 Å². The van der Waals surface area contributed by atoms with E-state index in [9.17, 15) is 4.39 Å². The van der Waals surface area contributed by atoms with Crippen molar-refractivity contribution in [2.24, 2.45) is 5.92 Å². The van der Waals surface area contributed by atoms with E-state index in [-0.39, 0.29) is 5.75 Å². The second-order valence-electron chi connectivity index (χ2n) is 4.13. The molecule has 3 nitrogen and oxygen atoms in total. The van der Waals surface area contributed by atoms with E-state index in [0.29, 0.717) is 11.6 Å². The molecule has 0 saturated carbocycles. The van der Waals surface area contributed by atoms with Crippen LogP contribution in [0.15, 0.2) is 18.2 Å². The Morgan fingerprint density at radius 1 is 1.50 bits per heavy atom. The molecular formula is C12H16FNO2. The molecular weight excluding hydrogens is 209 g/mol. The first kappa shape index (κ1) is 11.2. The third-order valence-electron chi connectivity index (χ3n) is 2.80. The van der Waals surface area contributed by atoms with Crippen molar-refractivity contribution in [3.05, 3.63) is 24.0 Å². The lowest BCUT2D eigenvalue weighted by Crippen LogP contribution is -2.24. The average Bonchev–Trinajstić information content (AvgIpc) is 2.32. The lowest BCUT2D eigenvalue weighted by molar-refractivity contribution is 0.0595. The molecule has 1 atom stereocenters. The van der Waals surface area contributed by atoms with Gasteiger partial charge in [-0.15, -0.1) is 0 Å². The maximum atomic E-state index is 13.0. The molecule has 1 heterocycles. The molecule has 0 amide bonds. The zero-order valence-corrected chi connectivity index (χ0v) is 9.08. The predicted molar refractivity (Wildman–Crippen MR) is 60.1 cm³/mol. The quantitative estimate of drug-likeness (QED) is 0.776. The summed E-state index contributed by atoms with van der Waals surface area (Å²) in [7, 11) is 0. The van der Waals surface area contributed by atoms with E-state index >= 15 is 0 Å². The van der Waals surface area contributed by atoms with Crippen molar-refractivity contribution in [3.8, 4) is 5.75 Å². The standard InChI is InChI=1S/C12H16FNO2/c13-11-6-10(3-4-12(11)15)14-7-9-2-1-5-16-8-9/h3-4,6,9,14-15H,1-2,5,7-8H2. The smallest absolute Gasteiger partial charge is 0.166 e. The third-order valence-corrected chi connectivity index (χ3v) is 2.80. The highest BCUT2D eigenvalue weighted by Gasteiger charge is 2.13. The van der Waals surface area contributed by atoms with E-state index in [0.717, 1.165) is 32.6 Å². The number of aromatic hydroxyl groups is 1. The van der Waals surface area contributed by atoms with Gasteiger partial charge in [0.2, 0.25) is 0 Å². The number of phenols is 1. The van der Waals surface area contributed by atoms with Gasteiger partial charge in [-0.1, -0.05) is 0 Å². The highest BCUT2D eigenvalue weighted by molar-refractivity contribution is 5.46. The topological polar surface area (TPSA) is 41.5 Å². The fourth-order valence-corrected chi connectivity index (χ4v) is 1.85. The summed E-state index contributed by atoms with van der Waals surface area (Å²) in [6.07, 6.45) is 2.24. The summed E-state index contributed by atoms with van der Waals surface area (Å²) < 4.78 is 18.4. The number of benzene rings is 1. The first-order chi connectivity index (χ1) is 7.75. The van der Waals surface area contributed by atoms with Crippen LogP contribution in [0.1, 0.15) is 12.8 Å². The molecule has 0 aliphatic carbocycles. The minimum absolute atomic E-state index is 0.313. The highest BCUT2D eigenvalue weighted by Crippen LogP contribution is 2.20. The van der Waals surface area contributed by atoms with Crippen LogP contribution in [0.3, 0.4) is 0 Å². The van der Waals surface area contributed by atoms with Crippen molar-refractivity contribution >= 4 is 5.69 Å². The number of hydrogen-bond acceptors (Lipinski definition) is 3.